The summed E-state index contributed by atoms with van der Waals surface area (Å²) in [6.07, 6.45) is 0.934. The quantitative estimate of drug-likeness (QED) is 0.565. The monoisotopic (exact) mass is 217 g/mol. The molecule has 0 aliphatic carbocycles. The Morgan fingerprint density at radius 2 is 1.93 bits per heavy atom. The number of ether oxygens (including phenoxy) is 1. The van der Waals surface area contributed by atoms with Crippen molar-refractivity contribution < 1.29 is 14.4 Å². The number of nitrogens with two attached hydrogens (primary N) is 1. The lowest BCUT2D eigenvalue weighted by molar-refractivity contribution is -0.170. The van der Waals surface area contributed by atoms with Crippen molar-refractivity contribution in [2.24, 2.45) is 11.8 Å². The van der Waals surface area contributed by atoms with Gasteiger partial charge in [0.25, 0.3) is 0 Å². The molecule has 90 valence electrons. The van der Waals surface area contributed by atoms with Crippen LogP contribution in [0.5, 0.6) is 0 Å². The predicted octanol–water partition coefficient (Wildman–Crippen LogP) is 2.02. The van der Waals surface area contributed by atoms with Gasteiger partial charge < -0.3 is 4.74 Å². The van der Waals surface area contributed by atoms with E-state index in [9.17, 15) is 4.79 Å². The normalized spacial score (nSPS) is 15.9. The third kappa shape index (κ3) is 6.47. The summed E-state index contributed by atoms with van der Waals surface area (Å²) in [7, 11) is 0. The van der Waals surface area contributed by atoms with Gasteiger partial charge in [-0.2, -0.15) is 0 Å². The Morgan fingerprint density at radius 3 is 2.27 bits per heavy atom. The van der Waals surface area contributed by atoms with E-state index in [1.807, 2.05) is 20.8 Å². The van der Waals surface area contributed by atoms with E-state index in [1.165, 1.54) is 0 Å². The fourth-order valence-corrected chi connectivity index (χ4v) is 1.11. The fourth-order valence-electron chi connectivity index (χ4n) is 1.11. The van der Waals surface area contributed by atoms with Crippen molar-refractivity contribution in [1.82, 2.24) is 0 Å². The molecular formula is C11H23NO3. The lowest BCUT2D eigenvalue weighted by Gasteiger charge is -2.24. The van der Waals surface area contributed by atoms with E-state index in [0.717, 1.165) is 6.42 Å². The minimum atomic E-state index is -0.654. The molecule has 0 aromatic heterocycles. The molecule has 0 aliphatic rings. The second kappa shape index (κ2) is 6.08. The first-order chi connectivity index (χ1) is 6.80. The van der Waals surface area contributed by atoms with Crippen molar-refractivity contribution in [3.05, 3.63) is 0 Å². The van der Waals surface area contributed by atoms with Crippen LogP contribution in [0.3, 0.4) is 0 Å². The summed E-state index contributed by atoms with van der Waals surface area (Å²) in [6, 6.07) is 0. The van der Waals surface area contributed by atoms with Crippen molar-refractivity contribution in [3.8, 4) is 0 Å². The summed E-state index contributed by atoms with van der Waals surface area (Å²) in [5, 5.41) is 0. The molecule has 2 N–H and O–H groups in total. The minimum absolute atomic E-state index is 0.384. The summed E-state index contributed by atoms with van der Waals surface area (Å²) in [5.74, 6) is 5.11. The molecule has 0 fully saturated rings. The van der Waals surface area contributed by atoms with Crippen LogP contribution in [0.2, 0.25) is 0 Å². The van der Waals surface area contributed by atoms with Gasteiger partial charge in [0, 0.05) is 0 Å². The molecule has 0 aromatic rings. The average Bonchev–Trinajstić information content (AvgIpc) is 2.10. The van der Waals surface area contributed by atoms with Crippen molar-refractivity contribution in [3.63, 3.8) is 0 Å². The molecule has 4 heteroatoms. The van der Waals surface area contributed by atoms with E-state index >= 15 is 0 Å². The Balaban J connectivity index is 4.23. The van der Waals surface area contributed by atoms with Crippen LogP contribution in [-0.4, -0.2) is 17.7 Å². The zero-order chi connectivity index (χ0) is 12.1. The van der Waals surface area contributed by atoms with Gasteiger partial charge in [-0.1, -0.05) is 20.3 Å². The average molecular weight is 217 g/mol. The van der Waals surface area contributed by atoms with Crippen molar-refractivity contribution in [2.75, 3.05) is 0 Å². The third-order valence-electron chi connectivity index (χ3n) is 2.15. The number of carbonyl (C=O) groups excluding carboxylic acids is 1. The number of hydrogen-bond donors (Lipinski definition) is 1. The second-order valence-corrected chi connectivity index (χ2v) is 4.91. The van der Waals surface area contributed by atoms with Crippen molar-refractivity contribution in [1.29, 1.82) is 0 Å². The van der Waals surface area contributed by atoms with Crippen molar-refractivity contribution >= 4 is 5.97 Å². The first-order valence-corrected chi connectivity index (χ1v) is 5.38. The molecule has 4 nitrogen and oxygen atoms in total. The lowest BCUT2D eigenvalue weighted by Crippen LogP contribution is -2.36. The molecule has 2 unspecified atom stereocenters. The van der Waals surface area contributed by atoms with Crippen molar-refractivity contribution in [2.45, 2.75) is 59.2 Å². The van der Waals surface area contributed by atoms with E-state index in [0.29, 0.717) is 12.3 Å². The van der Waals surface area contributed by atoms with E-state index in [1.54, 1.807) is 0 Å². The standard InChI is InChI=1S/C11H23NO3/c1-6-8(2)7-9(15-12)10(13)14-11(3,4)5/h8-9H,6-7,12H2,1-5H3. The Hall–Kier alpha value is -0.610. The van der Waals surface area contributed by atoms with Gasteiger partial charge in [0.05, 0.1) is 0 Å². The summed E-state index contributed by atoms with van der Waals surface area (Å²) in [5.41, 5.74) is -0.497. The van der Waals surface area contributed by atoms with Gasteiger partial charge in [0.15, 0.2) is 6.10 Å². The first-order valence-electron chi connectivity index (χ1n) is 5.38. The van der Waals surface area contributed by atoms with Crippen LogP contribution >= 0.6 is 0 Å². The number of carbonyl (C=O) groups is 1. The minimum Gasteiger partial charge on any atom is -0.458 e. The number of esters is 1. The molecule has 0 aliphatic heterocycles. The molecule has 0 saturated carbocycles. The highest BCUT2D eigenvalue weighted by atomic mass is 16.7. The van der Waals surface area contributed by atoms with Gasteiger partial charge in [-0.3, -0.25) is 4.84 Å². The van der Waals surface area contributed by atoms with E-state index in [-0.39, 0.29) is 5.97 Å². The molecule has 15 heavy (non-hydrogen) atoms. The summed E-state index contributed by atoms with van der Waals surface area (Å²) >= 11 is 0. The van der Waals surface area contributed by atoms with Crippen LogP contribution in [0.25, 0.3) is 0 Å². The highest BCUT2D eigenvalue weighted by Gasteiger charge is 2.26. The number of rotatable bonds is 5. The smallest absolute Gasteiger partial charge is 0.337 e. The second-order valence-electron chi connectivity index (χ2n) is 4.91. The Morgan fingerprint density at radius 1 is 1.40 bits per heavy atom. The van der Waals surface area contributed by atoms with E-state index in [4.69, 9.17) is 10.6 Å². The SMILES string of the molecule is CCC(C)CC(ON)C(=O)OC(C)(C)C. The molecule has 0 spiro atoms. The molecule has 0 aromatic carbocycles. The molecule has 2 atom stereocenters. The maximum Gasteiger partial charge on any atom is 0.337 e. The van der Waals surface area contributed by atoms with Gasteiger partial charge in [0.1, 0.15) is 5.60 Å². The van der Waals surface area contributed by atoms with Gasteiger partial charge in [-0.15, -0.1) is 0 Å². The molecule has 0 saturated heterocycles. The molecule has 0 bridgehead atoms. The van der Waals surface area contributed by atoms with Crippen LogP contribution in [0, 0.1) is 5.92 Å². The van der Waals surface area contributed by atoms with Crippen LogP contribution < -0.4 is 5.90 Å². The largest absolute Gasteiger partial charge is 0.458 e. The molecule has 0 heterocycles. The highest BCUT2D eigenvalue weighted by Crippen LogP contribution is 2.15. The Bertz CT molecular complexity index is 198. The van der Waals surface area contributed by atoms with Crippen LogP contribution in [0.4, 0.5) is 0 Å². The third-order valence-corrected chi connectivity index (χ3v) is 2.15. The summed E-state index contributed by atoms with van der Waals surface area (Å²) < 4.78 is 5.19. The summed E-state index contributed by atoms with van der Waals surface area (Å²) in [6.45, 7) is 9.58. The Kier molecular flexibility index (Phi) is 5.83. The fraction of sp³-hybridized carbons (Fsp3) is 0.909. The van der Waals surface area contributed by atoms with Gasteiger partial charge in [-0.05, 0) is 33.1 Å². The first kappa shape index (κ1) is 14.4. The lowest BCUT2D eigenvalue weighted by atomic mass is 10.0. The molecule has 0 amide bonds. The van der Waals surface area contributed by atoms with Gasteiger partial charge in [-0.25, -0.2) is 10.7 Å². The van der Waals surface area contributed by atoms with Gasteiger partial charge >= 0.3 is 5.97 Å². The topological polar surface area (TPSA) is 61.5 Å². The van der Waals surface area contributed by atoms with Crippen LogP contribution in [-0.2, 0) is 14.4 Å². The summed E-state index contributed by atoms with van der Waals surface area (Å²) in [4.78, 5) is 16.3. The zero-order valence-corrected chi connectivity index (χ0v) is 10.4. The highest BCUT2D eigenvalue weighted by molar-refractivity contribution is 5.75. The van der Waals surface area contributed by atoms with Crippen LogP contribution in [0.15, 0.2) is 0 Å². The van der Waals surface area contributed by atoms with E-state index < -0.39 is 11.7 Å². The molecule has 0 radical (unpaired) electrons. The van der Waals surface area contributed by atoms with Crippen LogP contribution in [0.1, 0.15) is 47.5 Å². The maximum atomic E-state index is 11.6. The zero-order valence-electron chi connectivity index (χ0n) is 10.4. The molecular weight excluding hydrogens is 194 g/mol. The Labute approximate surface area is 92.1 Å². The number of hydrogen-bond acceptors (Lipinski definition) is 4. The molecule has 0 rings (SSSR count). The van der Waals surface area contributed by atoms with Gasteiger partial charge in [0.2, 0.25) is 0 Å². The maximum absolute atomic E-state index is 11.6. The predicted molar refractivity (Wildman–Crippen MR) is 59.0 cm³/mol. The van der Waals surface area contributed by atoms with E-state index in [2.05, 4.69) is 18.7 Å².